The van der Waals surface area contributed by atoms with Gasteiger partial charge in [0.05, 0.1) is 29.0 Å². The van der Waals surface area contributed by atoms with Crippen molar-refractivity contribution in [3.05, 3.63) is 73.5 Å². The molecule has 0 spiro atoms. The van der Waals surface area contributed by atoms with Gasteiger partial charge in [0.25, 0.3) is 5.56 Å². The van der Waals surface area contributed by atoms with Gasteiger partial charge in [0.1, 0.15) is 6.61 Å². The predicted molar refractivity (Wildman–Crippen MR) is 115 cm³/mol. The average molecular weight is 463 g/mol. The van der Waals surface area contributed by atoms with Crippen LogP contribution in [0.5, 0.6) is 0 Å². The van der Waals surface area contributed by atoms with Crippen molar-refractivity contribution >= 4 is 43.6 Å². The lowest BCUT2D eigenvalue weighted by molar-refractivity contribution is -0.157. The molecule has 1 N–H and O–H groups in total. The van der Waals surface area contributed by atoms with Gasteiger partial charge in [0, 0.05) is 21.0 Å². The lowest BCUT2D eigenvalue weighted by atomic mass is 9.96. The van der Waals surface area contributed by atoms with E-state index in [4.69, 9.17) is 9.72 Å². The van der Waals surface area contributed by atoms with E-state index in [9.17, 15) is 14.7 Å². The zero-order valence-corrected chi connectivity index (χ0v) is 17.5. The lowest BCUT2D eigenvalue weighted by Gasteiger charge is -2.21. The number of carbonyl (C=O) groups excluding carboxylic acids is 1. The number of hydrogen-bond acceptors (Lipinski definition) is 5. The summed E-state index contributed by atoms with van der Waals surface area (Å²) < 4.78 is 7.61. The third-order valence-corrected chi connectivity index (χ3v) is 6.67. The van der Waals surface area contributed by atoms with Crippen LogP contribution in [0.2, 0.25) is 0 Å². The Kier molecular flexibility index (Phi) is 3.56. The van der Waals surface area contributed by atoms with E-state index in [1.54, 1.807) is 10.6 Å². The van der Waals surface area contributed by atoms with Crippen LogP contribution in [0.3, 0.4) is 0 Å². The first-order chi connectivity index (χ1) is 14.4. The Labute approximate surface area is 178 Å². The van der Waals surface area contributed by atoms with E-state index in [1.165, 1.54) is 0 Å². The van der Waals surface area contributed by atoms with Gasteiger partial charge in [-0.3, -0.25) is 4.79 Å². The van der Waals surface area contributed by atoms with E-state index in [1.807, 2.05) is 18.2 Å². The Morgan fingerprint density at radius 3 is 2.80 bits per heavy atom. The van der Waals surface area contributed by atoms with E-state index in [0.29, 0.717) is 23.4 Å². The van der Waals surface area contributed by atoms with Crippen molar-refractivity contribution in [2.45, 2.75) is 26.2 Å². The van der Waals surface area contributed by atoms with Crippen molar-refractivity contribution < 1.29 is 14.6 Å². The molecule has 0 radical (unpaired) electrons. The molecule has 0 saturated carbocycles. The smallest absolute Gasteiger partial charge is 0.340 e. The standard InChI is InChI=1S/C23H15BrN2O4/c1-10-15-8-26-18(7-14-16(22(26)28)9-30-23(29)21(14)27)20(15)25-17-5-3-11-2-4-12(24)6-13(11)19(10)17/h2-7,21,27H,8-9H2,1H3. The number of carbonyl (C=O) groups is 1. The molecular weight excluding hydrogens is 448 g/mol. The molecule has 30 heavy (non-hydrogen) atoms. The second kappa shape index (κ2) is 6.00. The molecule has 0 amide bonds. The highest BCUT2D eigenvalue weighted by Crippen LogP contribution is 2.39. The predicted octanol–water partition coefficient (Wildman–Crippen LogP) is 3.74. The van der Waals surface area contributed by atoms with Crippen LogP contribution in [0.1, 0.15) is 28.4 Å². The van der Waals surface area contributed by atoms with Crippen molar-refractivity contribution in [2.24, 2.45) is 0 Å². The quantitative estimate of drug-likeness (QED) is 0.280. The van der Waals surface area contributed by atoms with Gasteiger partial charge in [-0.15, -0.1) is 0 Å². The second-order valence-electron chi connectivity index (χ2n) is 7.75. The first-order valence-electron chi connectivity index (χ1n) is 9.57. The Hall–Kier alpha value is -3.03. The van der Waals surface area contributed by atoms with Crippen LogP contribution in [0.4, 0.5) is 0 Å². The van der Waals surface area contributed by atoms with Gasteiger partial charge in [-0.05, 0) is 47.5 Å². The number of aliphatic hydroxyl groups is 1. The highest BCUT2D eigenvalue weighted by Gasteiger charge is 2.34. The number of nitrogens with zero attached hydrogens (tertiary/aromatic N) is 2. The van der Waals surface area contributed by atoms with Gasteiger partial charge in [-0.1, -0.05) is 28.1 Å². The summed E-state index contributed by atoms with van der Waals surface area (Å²) in [5, 5.41) is 13.5. The number of cyclic esters (lactones) is 1. The maximum Gasteiger partial charge on any atom is 0.340 e. The van der Waals surface area contributed by atoms with Crippen molar-refractivity contribution in [1.29, 1.82) is 0 Å². The van der Waals surface area contributed by atoms with Crippen molar-refractivity contribution in [1.82, 2.24) is 9.55 Å². The first-order valence-corrected chi connectivity index (χ1v) is 10.4. The number of esters is 1. The Morgan fingerprint density at radius 2 is 1.97 bits per heavy atom. The van der Waals surface area contributed by atoms with Gasteiger partial charge in [-0.25, -0.2) is 9.78 Å². The highest BCUT2D eigenvalue weighted by molar-refractivity contribution is 9.10. The Morgan fingerprint density at radius 1 is 1.17 bits per heavy atom. The average Bonchev–Trinajstić information content (AvgIpc) is 3.10. The fraction of sp³-hybridized carbons (Fsp3) is 0.174. The maximum absolute atomic E-state index is 13.1. The second-order valence-corrected chi connectivity index (χ2v) is 8.67. The zero-order chi connectivity index (χ0) is 20.7. The maximum atomic E-state index is 13.1. The summed E-state index contributed by atoms with van der Waals surface area (Å²) in [4.78, 5) is 29.8. The SMILES string of the molecule is Cc1c2c(nc3ccc4ccc(Br)cc4c13)-c1cc3c(c(=O)n1C2)COC(=O)C3O. The largest absolute Gasteiger partial charge is 0.458 e. The number of aromatic nitrogens is 2. The molecule has 2 aliphatic heterocycles. The number of aryl methyl sites for hydroxylation is 1. The fourth-order valence-corrected chi connectivity index (χ4v) is 5.01. The summed E-state index contributed by atoms with van der Waals surface area (Å²) in [6, 6.07) is 11.9. The molecule has 148 valence electrons. The van der Waals surface area contributed by atoms with Crippen molar-refractivity contribution in [3.8, 4) is 11.4 Å². The molecule has 0 fully saturated rings. The van der Waals surface area contributed by atoms with Crippen molar-refractivity contribution in [2.75, 3.05) is 0 Å². The number of benzene rings is 2. The zero-order valence-electron chi connectivity index (χ0n) is 15.9. The van der Waals surface area contributed by atoms with Crippen LogP contribution < -0.4 is 5.56 Å². The minimum absolute atomic E-state index is 0.117. The van der Waals surface area contributed by atoms with Gasteiger partial charge < -0.3 is 14.4 Å². The normalized spacial score (nSPS) is 17.0. The van der Waals surface area contributed by atoms with Gasteiger partial charge in [0.15, 0.2) is 6.10 Å². The summed E-state index contributed by atoms with van der Waals surface area (Å²) in [5.41, 5.74) is 4.65. The van der Waals surface area contributed by atoms with Crippen LogP contribution in [0.15, 0.2) is 45.7 Å². The molecule has 4 aromatic rings. The molecule has 1 atom stereocenters. The number of pyridine rings is 2. The van der Waals surface area contributed by atoms with E-state index < -0.39 is 12.1 Å². The van der Waals surface area contributed by atoms with Gasteiger partial charge in [-0.2, -0.15) is 0 Å². The Balaban J connectivity index is 1.67. The van der Waals surface area contributed by atoms with Gasteiger partial charge >= 0.3 is 5.97 Å². The molecule has 6 rings (SSSR count). The third-order valence-electron chi connectivity index (χ3n) is 6.18. The third kappa shape index (κ3) is 2.24. The number of rotatable bonds is 0. The van der Waals surface area contributed by atoms with E-state index >= 15 is 0 Å². The molecule has 7 heteroatoms. The summed E-state index contributed by atoms with van der Waals surface area (Å²) in [7, 11) is 0. The Bertz CT molecular complexity index is 1510. The molecule has 2 aromatic heterocycles. The number of fused-ring (bicyclic) bond motifs is 7. The molecule has 0 bridgehead atoms. The minimum atomic E-state index is -1.45. The van der Waals surface area contributed by atoms with Gasteiger partial charge in [0.2, 0.25) is 0 Å². The first kappa shape index (κ1) is 17.8. The van der Waals surface area contributed by atoms with Crippen LogP contribution in [0.25, 0.3) is 33.1 Å². The molecule has 0 saturated heterocycles. The van der Waals surface area contributed by atoms with Crippen LogP contribution in [-0.4, -0.2) is 20.6 Å². The summed E-state index contributed by atoms with van der Waals surface area (Å²) in [6.45, 7) is 2.34. The van der Waals surface area contributed by atoms with E-state index in [0.717, 1.165) is 43.0 Å². The number of ether oxygens (including phenoxy) is 1. The molecular formula is C23H15BrN2O4. The van der Waals surface area contributed by atoms with Crippen LogP contribution in [0, 0.1) is 6.92 Å². The molecule has 6 nitrogen and oxygen atoms in total. The highest BCUT2D eigenvalue weighted by atomic mass is 79.9. The van der Waals surface area contributed by atoms with E-state index in [2.05, 4.69) is 35.0 Å². The molecule has 2 aromatic carbocycles. The summed E-state index contributed by atoms with van der Waals surface area (Å²) in [6.07, 6.45) is -1.45. The topological polar surface area (TPSA) is 81.4 Å². The van der Waals surface area contributed by atoms with Crippen LogP contribution in [-0.2, 0) is 22.7 Å². The number of hydrogen-bond donors (Lipinski definition) is 1. The monoisotopic (exact) mass is 462 g/mol. The molecule has 4 heterocycles. The van der Waals surface area contributed by atoms with Crippen LogP contribution >= 0.6 is 15.9 Å². The van der Waals surface area contributed by atoms with Crippen molar-refractivity contribution in [3.63, 3.8) is 0 Å². The summed E-state index contributed by atoms with van der Waals surface area (Å²) in [5.74, 6) is -0.732. The minimum Gasteiger partial charge on any atom is -0.458 e. The molecule has 1 unspecified atom stereocenters. The molecule has 0 aliphatic carbocycles. The lowest BCUT2D eigenvalue weighted by Crippen LogP contribution is -2.32. The number of aliphatic hydroxyl groups excluding tert-OH is 1. The van der Waals surface area contributed by atoms with E-state index in [-0.39, 0.29) is 12.2 Å². The number of halogens is 1. The molecule has 2 aliphatic rings. The fourth-order valence-electron chi connectivity index (χ4n) is 4.65. The summed E-state index contributed by atoms with van der Waals surface area (Å²) >= 11 is 3.56.